The molecule has 1 fully saturated rings. The second-order valence-corrected chi connectivity index (χ2v) is 6.64. The van der Waals surface area contributed by atoms with Crippen LogP contribution in [0.15, 0.2) is 82.9 Å². The van der Waals surface area contributed by atoms with Crippen molar-refractivity contribution in [2.75, 3.05) is 6.54 Å². The number of fused-ring (bicyclic) bond motifs is 1. The minimum atomic E-state index is 0.613. The fourth-order valence-corrected chi connectivity index (χ4v) is 3.81. The molecule has 1 aromatic carbocycles. The molecule has 0 spiro atoms. The third-order valence-electron chi connectivity index (χ3n) is 5.14. The lowest BCUT2D eigenvalue weighted by molar-refractivity contribution is 0.861. The number of rotatable bonds is 5. The summed E-state index contributed by atoms with van der Waals surface area (Å²) in [7, 11) is 0. The zero-order valence-corrected chi connectivity index (χ0v) is 13.4. The van der Waals surface area contributed by atoms with Crippen LogP contribution in [0.3, 0.4) is 0 Å². The third-order valence-corrected chi connectivity index (χ3v) is 5.14. The number of allylic oxidation sites excluding steroid dienone is 8. The summed E-state index contributed by atoms with van der Waals surface area (Å²) in [6.45, 7) is 0.897. The van der Waals surface area contributed by atoms with Gasteiger partial charge in [-0.2, -0.15) is 0 Å². The Morgan fingerprint density at radius 2 is 2.00 bits per heavy atom. The molecule has 1 heteroatoms. The minimum absolute atomic E-state index is 0.613. The quantitative estimate of drug-likeness (QED) is 0.683. The predicted octanol–water partition coefficient (Wildman–Crippen LogP) is 4.93. The second kappa shape index (κ2) is 6.54. The molecule has 116 valence electrons. The Labute approximate surface area is 138 Å². The first-order valence-electron chi connectivity index (χ1n) is 8.72. The van der Waals surface area contributed by atoms with E-state index in [2.05, 4.69) is 73.0 Å². The van der Waals surface area contributed by atoms with Crippen LogP contribution in [0, 0.1) is 17.8 Å². The van der Waals surface area contributed by atoms with Crippen molar-refractivity contribution in [1.82, 2.24) is 0 Å². The molecule has 23 heavy (non-hydrogen) atoms. The highest BCUT2D eigenvalue weighted by atomic mass is 14.7. The maximum atomic E-state index is 4.71. The molecule has 0 N–H and O–H groups in total. The molecule has 0 bridgehead atoms. The molecule has 1 saturated carbocycles. The normalized spacial score (nSPS) is 28.4. The lowest BCUT2D eigenvalue weighted by Gasteiger charge is -2.14. The van der Waals surface area contributed by atoms with Crippen molar-refractivity contribution in [2.45, 2.75) is 19.3 Å². The van der Waals surface area contributed by atoms with E-state index in [4.69, 9.17) is 4.99 Å². The molecule has 0 radical (unpaired) electrons. The highest BCUT2D eigenvalue weighted by molar-refractivity contribution is 5.70. The van der Waals surface area contributed by atoms with Gasteiger partial charge in [0.05, 0.1) is 0 Å². The van der Waals surface area contributed by atoms with Crippen LogP contribution < -0.4 is 0 Å². The summed E-state index contributed by atoms with van der Waals surface area (Å²) in [5.41, 5.74) is 4.46. The largest absolute Gasteiger partial charge is 0.297 e. The Morgan fingerprint density at radius 3 is 2.83 bits per heavy atom. The van der Waals surface area contributed by atoms with Gasteiger partial charge < -0.3 is 0 Å². The van der Waals surface area contributed by atoms with Crippen LogP contribution in [0.25, 0.3) is 0 Å². The van der Waals surface area contributed by atoms with Gasteiger partial charge in [-0.1, -0.05) is 66.8 Å². The molecule has 3 aliphatic rings. The van der Waals surface area contributed by atoms with Gasteiger partial charge in [0.15, 0.2) is 0 Å². The van der Waals surface area contributed by atoms with Crippen LogP contribution in [0.1, 0.15) is 18.4 Å². The molecular formula is C22H23N. The van der Waals surface area contributed by atoms with E-state index in [9.17, 15) is 0 Å². The third kappa shape index (κ3) is 3.14. The molecule has 0 heterocycles. The smallest absolute Gasteiger partial charge is 0.0425 e. The van der Waals surface area contributed by atoms with Gasteiger partial charge in [-0.25, -0.2) is 0 Å². The van der Waals surface area contributed by atoms with Crippen LogP contribution in [-0.2, 0) is 6.42 Å². The minimum Gasteiger partial charge on any atom is -0.297 e. The van der Waals surface area contributed by atoms with Crippen LogP contribution in [0.4, 0.5) is 0 Å². The van der Waals surface area contributed by atoms with Gasteiger partial charge >= 0.3 is 0 Å². The molecule has 0 aromatic heterocycles. The Bertz CT molecular complexity index is 703. The zero-order chi connectivity index (χ0) is 15.5. The number of aliphatic imine (C=N–C) groups is 1. The molecular weight excluding hydrogens is 278 g/mol. The number of hydrogen-bond donors (Lipinski definition) is 0. The van der Waals surface area contributed by atoms with Crippen LogP contribution in [-0.4, -0.2) is 12.8 Å². The molecule has 2 unspecified atom stereocenters. The van der Waals surface area contributed by atoms with E-state index in [1.165, 1.54) is 24.0 Å². The van der Waals surface area contributed by atoms with Crippen molar-refractivity contribution in [3.05, 3.63) is 83.5 Å². The van der Waals surface area contributed by atoms with Gasteiger partial charge in [-0.05, 0) is 47.8 Å². The average Bonchev–Trinajstić information content (AvgIpc) is 3.34. The van der Waals surface area contributed by atoms with Crippen LogP contribution in [0.2, 0.25) is 0 Å². The van der Waals surface area contributed by atoms with E-state index in [1.54, 1.807) is 5.57 Å². The summed E-state index contributed by atoms with van der Waals surface area (Å²) < 4.78 is 0. The number of benzene rings is 1. The SMILES string of the molecule is C1=CCCC(C2=CC=C[C@@H]3C(/C=N/CCc4ccccc4)C23)=C1. The van der Waals surface area contributed by atoms with Crippen molar-refractivity contribution in [1.29, 1.82) is 0 Å². The van der Waals surface area contributed by atoms with Crippen molar-refractivity contribution < 1.29 is 0 Å². The van der Waals surface area contributed by atoms with Gasteiger partial charge in [0.25, 0.3) is 0 Å². The van der Waals surface area contributed by atoms with E-state index < -0.39 is 0 Å². The van der Waals surface area contributed by atoms with E-state index >= 15 is 0 Å². The Kier molecular flexibility index (Phi) is 4.10. The summed E-state index contributed by atoms with van der Waals surface area (Å²) in [4.78, 5) is 4.71. The highest BCUT2D eigenvalue weighted by Crippen LogP contribution is 2.55. The van der Waals surface area contributed by atoms with E-state index in [-0.39, 0.29) is 0 Å². The summed E-state index contributed by atoms with van der Waals surface area (Å²) >= 11 is 0. The van der Waals surface area contributed by atoms with E-state index in [0.717, 1.165) is 13.0 Å². The molecule has 1 aromatic rings. The fourth-order valence-electron chi connectivity index (χ4n) is 3.81. The summed E-state index contributed by atoms with van der Waals surface area (Å²) in [6.07, 6.45) is 19.3. The molecule has 0 aliphatic heterocycles. The fraction of sp³-hybridized carbons (Fsp3) is 0.318. The Balaban J connectivity index is 1.36. The summed E-state index contributed by atoms with van der Waals surface area (Å²) in [5, 5.41) is 0. The number of nitrogens with zero attached hydrogens (tertiary/aromatic N) is 1. The molecule has 3 aliphatic carbocycles. The first-order chi connectivity index (χ1) is 11.4. The maximum absolute atomic E-state index is 4.71. The first kappa shape index (κ1) is 14.4. The monoisotopic (exact) mass is 301 g/mol. The average molecular weight is 301 g/mol. The van der Waals surface area contributed by atoms with Crippen molar-refractivity contribution >= 4 is 6.21 Å². The maximum Gasteiger partial charge on any atom is 0.0425 e. The lowest BCUT2D eigenvalue weighted by atomic mass is 9.91. The Morgan fingerprint density at radius 1 is 1.09 bits per heavy atom. The van der Waals surface area contributed by atoms with Gasteiger partial charge in [0, 0.05) is 18.7 Å². The van der Waals surface area contributed by atoms with Crippen molar-refractivity contribution in [3.63, 3.8) is 0 Å². The van der Waals surface area contributed by atoms with Gasteiger partial charge in [-0.15, -0.1) is 0 Å². The molecule has 1 nitrogen and oxygen atoms in total. The summed E-state index contributed by atoms with van der Waals surface area (Å²) in [6, 6.07) is 10.6. The van der Waals surface area contributed by atoms with Crippen LogP contribution >= 0.6 is 0 Å². The Hall–Kier alpha value is -2.15. The van der Waals surface area contributed by atoms with E-state index in [0.29, 0.717) is 17.8 Å². The second-order valence-electron chi connectivity index (χ2n) is 6.64. The summed E-state index contributed by atoms with van der Waals surface area (Å²) in [5.74, 6) is 1.98. The molecule has 0 saturated heterocycles. The van der Waals surface area contributed by atoms with Gasteiger partial charge in [-0.3, -0.25) is 4.99 Å². The van der Waals surface area contributed by atoms with Crippen molar-refractivity contribution in [3.8, 4) is 0 Å². The molecule has 4 rings (SSSR count). The molecule has 3 atom stereocenters. The molecule has 0 amide bonds. The topological polar surface area (TPSA) is 12.4 Å². The van der Waals surface area contributed by atoms with E-state index in [1.807, 2.05) is 0 Å². The highest BCUT2D eigenvalue weighted by Gasteiger charge is 2.50. The zero-order valence-electron chi connectivity index (χ0n) is 13.4. The van der Waals surface area contributed by atoms with Crippen LogP contribution in [0.5, 0.6) is 0 Å². The van der Waals surface area contributed by atoms with Gasteiger partial charge in [0.2, 0.25) is 0 Å². The standard InChI is InChI=1S/C22H23N/c1-3-8-17(9-4-1)14-15-23-16-21-20-13-7-12-19(22(20)21)18-10-5-2-6-11-18/h1-5,7-10,12-13,16,20-22H,6,11,14-15H2/b23-16+/t20-,21?,22?/m1/s1. The lowest BCUT2D eigenvalue weighted by Crippen LogP contribution is -1.99. The first-order valence-corrected chi connectivity index (χ1v) is 8.72. The predicted molar refractivity (Wildman–Crippen MR) is 97.7 cm³/mol. The number of hydrogen-bond acceptors (Lipinski definition) is 1. The van der Waals surface area contributed by atoms with Gasteiger partial charge in [0.1, 0.15) is 0 Å². The van der Waals surface area contributed by atoms with Crippen molar-refractivity contribution in [2.24, 2.45) is 22.7 Å².